The number of rotatable bonds is 1. The van der Waals surface area contributed by atoms with Crippen molar-refractivity contribution in [3.8, 4) is 0 Å². The summed E-state index contributed by atoms with van der Waals surface area (Å²) >= 11 is 12.0. The van der Waals surface area contributed by atoms with Crippen LogP contribution in [0.25, 0.3) is 0 Å². The van der Waals surface area contributed by atoms with Crippen molar-refractivity contribution in [2.45, 2.75) is 13.0 Å². The van der Waals surface area contributed by atoms with E-state index in [1.54, 1.807) is 11.0 Å². The molecule has 98 valence electrons. The first-order valence-electron chi connectivity index (χ1n) is 5.64. The number of carbonyl (C=O) groups excluding carboxylic acids is 1. The molecule has 1 aliphatic heterocycles. The fraction of sp³-hybridized carbons (Fsp3) is 0.417. The van der Waals surface area contributed by atoms with Gasteiger partial charge in [-0.15, -0.1) is 0 Å². The second kappa shape index (κ2) is 5.34. The van der Waals surface area contributed by atoms with Crippen molar-refractivity contribution < 1.29 is 9.53 Å². The van der Waals surface area contributed by atoms with Crippen molar-refractivity contribution in [1.82, 2.24) is 4.90 Å². The van der Waals surface area contributed by atoms with Gasteiger partial charge >= 0.3 is 0 Å². The highest BCUT2D eigenvalue weighted by molar-refractivity contribution is 6.44. The van der Waals surface area contributed by atoms with Gasteiger partial charge in [-0.3, -0.25) is 4.79 Å². The van der Waals surface area contributed by atoms with Crippen LogP contribution in [0.3, 0.4) is 0 Å². The number of benzene rings is 1. The molecule has 0 aromatic heterocycles. The minimum absolute atomic E-state index is 0.0162. The second-order valence-corrected chi connectivity index (χ2v) is 5.07. The summed E-state index contributed by atoms with van der Waals surface area (Å²) in [4.78, 5) is 14.1. The average molecular weight is 289 g/mol. The molecular formula is C12H14Cl2N2O2. The number of nitrogens with zero attached hydrogens (tertiary/aromatic N) is 1. The van der Waals surface area contributed by atoms with Gasteiger partial charge in [-0.2, -0.15) is 0 Å². The smallest absolute Gasteiger partial charge is 0.255 e. The van der Waals surface area contributed by atoms with Crippen LogP contribution in [0.4, 0.5) is 5.69 Å². The molecule has 1 unspecified atom stereocenters. The molecule has 4 nitrogen and oxygen atoms in total. The van der Waals surface area contributed by atoms with Crippen LogP contribution in [-0.4, -0.2) is 36.6 Å². The largest absolute Gasteiger partial charge is 0.399 e. The number of nitrogens with two attached hydrogens (primary N) is 1. The number of amides is 1. The van der Waals surface area contributed by atoms with Crippen LogP contribution in [0.5, 0.6) is 0 Å². The van der Waals surface area contributed by atoms with Crippen molar-refractivity contribution in [3.05, 3.63) is 27.7 Å². The lowest BCUT2D eigenvalue weighted by molar-refractivity contribution is 0.00361. The topological polar surface area (TPSA) is 55.6 Å². The van der Waals surface area contributed by atoms with E-state index < -0.39 is 0 Å². The van der Waals surface area contributed by atoms with Crippen LogP contribution in [0, 0.1) is 0 Å². The van der Waals surface area contributed by atoms with E-state index in [-0.39, 0.29) is 17.0 Å². The molecule has 1 aliphatic rings. The monoisotopic (exact) mass is 288 g/mol. The highest BCUT2D eigenvalue weighted by Gasteiger charge is 2.27. The second-order valence-electron chi connectivity index (χ2n) is 4.29. The van der Waals surface area contributed by atoms with Gasteiger partial charge in [0, 0.05) is 12.2 Å². The van der Waals surface area contributed by atoms with Gasteiger partial charge in [-0.1, -0.05) is 23.2 Å². The summed E-state index contributed by atoms with van der Waals surface area (Å²) in [6.45, 7) is 3.53. The molecule has 1 aromatic rings. The lowest BCUT2D eigenvalue weighted by Gasteiger charge is -2.33. The molecule has 0 spiro atoms. The Hall–Kier alpha value is -0.970. The lowest BCUT2D eigenvalue weighted by Crippen LogP contribution is -2.47. The van der Waals surface area contributed by atoms with Crippen LogP contribution in [0.15, 0.2) is 12.1 Å². The maximum Gasteiger partial charge on any atom is 0.255 e. The summed E-state index contributed by atoms with van der Waals surface area (Å²) in [6, 6.07) is 3.10. The zero-order chi connectivity index (χ0) is 13.3. The summed E-state index contributed by atoms with van der Waals surface area (Å²) in [5.41, 5.74) is 6.46. The van der Waals surface area contributed by atoms with Crippen molar-refractivity contribution in [2.75, 3.05) is 25.5 Å². The third-order valence-electron chi connectivity index (χ3n) is 2.91. The lowest BCUT2D eigenvalue weighted by atomic mass is 10.1. The standard InChI is InChI=1S/C12H14Cl2N2O2/c1-7-6-18-3-2-16(7)12(17)9-4-8(15)5-10(13)11(9)14/h4-5,7H,2-3,6,15H2,1H3. The van der Waals surface area contributed by atoms with Gasteiger partial charge in [-0.05, 0) is 19.1 Å². The van der Waals surface area contributed by atoms with Crippen molar-refractivity contribution in [2.24, 2.45) is 0 Å². The molecule has 1 amide bonds. The molecule has 1 saturated heterocycles. The Morgan fingerprint density at radius 2 is 2.22 bits per heavy atom. The van der Waals surface area contributed by atoms with E-state index in [0.717, 1.165) is 0 Å². The van der Waals surface area contributed by atoms with Crippen LogP contribution in [0.2, 0.25) is 10.0 Å². The number of hydrogen-bond donors (Lipinski definition) is 1. The van der Waals surface area contributed by atoms with Crippen molar-refractivity contribution in [1.29, 1.82) is 0 Å². The van der Waals surface area contributed by atoms with Crippen LogP contribution >= 0.6 is 23.2 Å². The molecule has 1 atom stereocenters. The number of morpholine rings is 1. The third kappa shape index (κ3) is 2.55. The number of anilines is 1. The van der Waals surface area contributed by atoms with Gasteiger partial charge in [0.15, 0.2) is 0 Å². The summed E-state index contributed by atoms with van der Waals surface area (Å²) < 4.78 is 5.30. The molecule has 0 saturated carbocycles. The molecule has 2 N–H and O–H groups in total. The van der Waals surface area contributed by atoms with E-state index in [1.807, 2.05) is 6.92 Å². The first kappa shape index (κ1) is 13.5. The van der Waals surface area contributed by atoms with E-state index in [2.05, 4.69) is 0 Å². The van der Waals surface area contributed by atoms with Crippen LogP contribution in [0.1, 0.15) is 17.3 Å². The maximum atomic E-state index is 12.4. The molecule has 18 heavy (non-hydrogen) atoms. The predicted octanol–water partition coefficient (Wildman–Crippen LogP) is 2.44. The predicted molar refractivity (Wildman–Crippen MR) is 72.2 cm³/mol. The van der Waals surface area contributed by atoms with E-state index in [0.29, 0.717) is 36.0 Å². The zero-order valence-corrected chi connectivity index (χ0v) is 11.5. The molecule has 0 aliphatic carbocycles. The Balaban J connectivity index is 2.33. The van der Waals surface area contributed by atoms with E-state index in [4.69, 9.17) is 33.7 Å². The minimum atomic E-state index is -0.162. The first-order chi connectivity index (χ1) is 8.50. The molecule has 6 heteroatoms. The van der Waals surface area contributed by atoms with E-state index in [1.165, 1.54) is 6.07 Å². The normalized spacial score (nSPS) is 19.9. The molecule has 1 fully saturated rings. The zero-order valence-electron chi connectivity index (χ0n) is 9.95. The number of halogens is 2. The molecule has 1 aromatic carbocycles. The van der Waals surface area contributed by atoms with Crippen LogP contribution < -0.4 is 5.73 Å². The summed E-state index contributed by atoms with van der Waals surface area (Å²) in [5, 5.41) is 0.537. The summed E-state index contributed by atoms with van der Waals surface area (Å²) in [6.07, 6.45) is 0. The minimum Gasteiger partial charge on any atom is -0.399 e. The van der Waals surface area contributed by atoms with Gasteiger partial charge in [0.1, 0.15) is 0 Å². The molecule has 1 heterocycles. The highest BCUT2D eigenvalue weighted by atomic mass is 35.5. The first-order valence-corrected chi connectivity index (χ1v) is 6.39. The van der Waals surface area contributed by atoms with E-state index in [9.17, 15) is 4.79 Å². The molecular weight excluding hydrogens is 275 g/mol. The van der Waals surface area contributed by atoms with Gasteiger partial charge in [0.05, 0.1) is 34.9 Å². The van der Waals surface area contributed by atoms with Gasteiger partial charge < -0.3 is 15.4 Å². The summed E-state index contributed by atoms with van der Waals surface area (Å²) in [7, 11) is 0. The molecule has 0 radical (unpaired) electrons. The molecule has 0 bridgehead atoms. The fourth-order valence-electron chi connectivity index (χ4n) is 1.95. The van der Waals surface area contributed by atoms with Gasteiger partial charge in [0.25, 0.3) is 5.91 Å². The van der Waals surface area contributed by atoms with Crippen molar-refractivity contribution in [3.63, 3.8) is 0 Å². The van der Waals surface area contributed by atoms with Crippen LogP contribution in [-0.2, 0) is 4.74 Å². The molecule has 2 rings (SSSR count). The van der Waals surface area contributed by atoms with Gasteiger partial charge in [-0.25, -0.2) is 0 Å². The number of ether oxygens (including phenoxy) is 1. The highest BCUT2D eigenvalue weighted by Crippen LogP contribution is 2.30. The Labute approximate surface area is 116 Å². The summed E-state index contributed by atoms with van der Waals surface area (Å²) in [5.74, 6) is -0.162. The van der Waals surface area contributed by atoms with Crippen molar-refractivity contribution >= 4 is 34.8 Å². The Kier molecular flexibility index (Phi) is 4.00. The Bertz CT molecular complexity index is 479. The van der Waals surface area contributed by atoms with E-state index >= 15 is 0 Å². The average Bonchev–Trinajstić information content (AvgIpc) is 2.33. The number of carbonyl (C=O) groups is 1. The Morgan fingerprint density at radius 3 is 2.89 bits per heavy atom. The van der Waals surface area contributed by atoms with Gasteiger partial charge in [0.2, 0.25) is 0 Å². The quantitative estimate of drug-likeness (QED) is 0.808. The number of nitrogen functional groups attached to an aromatic ring is 1. The number of hydrogen-bond acceptors (Lipinski definition) is 3. The maximum absolute atomic E-state index is 12.4. The fourth-order valence-corrected chi connectivity index (χ4v) is 2.37. The third-order valence-corrected chi connectivity index (χ3v) is 3.71. The Morgan fingerprint density at radius 1 is 1.50 bits per heavy atom. The SMILES string of the molecule is CC1COCCN1C(=O)c1cc(N)cc(Cl)c1Cl.